The smallest absolute Gasteiger partial charge is 0.306 e. The Kier molecular flexibility index (Phi) is 12.3. The number of ether oxygens (including phenoxy) is 4. The Hall–Kier alpha value is -1.99. The molecular formula is C31H46O6. The molecule has 0 fully saturated rings. The molecule has 3 aliphatic rings. The fraction of sp³-hybridized carbons (Fsp3) is 0.645. The first-order valence-electron chi connectivity index (χ1n) is 13.8. The molecular weight excluding hydrogens is 468 g/mol. The largest absolute Gasteiger partial charge is 0.459 e. The summed E-state index contributed by atoms with van der Waals surface area (Å²) in [6.45, 7) is 9.12. The molecule has 0 saturated heterocycles. The molecule has 0 spiro atoms. The Morgan fingerprint density at radius 3 is 2.78 bits per heavy atom. The van der Waals surface area contributed by atoms with Gasteiger partial charge in [0.25, 0.3) is 0 Å². The molecule has 0 aromatic carbocycles. The van der Waals surface area contributed by atoms with E-state index < -0.39 is 18.3 Å². The van der Waals surface area contributed by atoms with Crippen LogP contribution in [0.5, 0.6) is 0 Å². The van der Waals surface area contributed by atoms with Crippen LogP contribution in [0.4, 0.5) is 0 Å². The third-order valence-corrected chi connectivity index (χ3v) is 7.22. The molecule has 7 unspecified atom stereocenters. The van der Waals surface area contributed by atoms with E-state index in [-0.39, 0.29) is 24.3 Å². The molecule has 0 aromatic heterocycles. The molecule has 0 aliphatic carbocycles. The number of rotatable bonds is 4. The number of aliphatic hydroxyl groups is 1. The van der Waals surface area contributed by atoms with E-state index in [2.05, 4.69) is 38.7 Å². The molecule has 6 heteroatoms. The van der Waals surface area contributed by atoms with Gasteiger partial charge in [-0.25, -0.2) is 0 Å². The van der Waals surface area contributed by atoms with Crippen molar-refractivity contribution in [2.24, 2.45) is 5.92 Å². The Morgan fingerprint density at radius 1 is 1.19 bits per heavy atom. The maximum Gasteiger partial charge on any atom is 0.306 e. The Bertz CT molecular complexity index is 856. The molecule has 3 aliphatic heterocycles. The van der Waals surface area contributed by atoms with Crippen molar-refractivity contribution in [3.63, 3.8) is 0 Å². The minimum atomic E-state index is -0.630. The van der Waals surface area contributed by atoms with E-state index in [9.17, 15) is 9.90 Å². The maximum atomic E-state index is 12.8. The van der Waals surface area contributed by atoms with Crippen LogP contribution in [0.2, 0.25) is 0 Å². The molecule has 0 saturated carbocycles. The average molecular weight is 515 g/mol. The third kappa shape index (κ3) is 10.7. The van der Waals surface area contributed by atoms with Crippen LogP contribution in [-0.4, -0.2) is 61.4 Å². The van der Waals surface area contributed by atoms with Crippen molar-refractivity contribution >= 4 is 5.97 Å². The zero-order chi connectivity index (χ0) is 26.6. The van der Waals surface area contributed by atoms with Gasteiger partial charge in [0.2, 0.25) is 0 Å². The van der Waals surface area contributed by atoms with Crippen molar-refractivity contribution in [1.82, 2.24) is 0 Å². The van der Waals surface area contributed by atoms with Gasteiger partial charge in [0.1, 0.15) is 12.2 Å². The fourth-order valence-electron chi connectivity index (χ4n) is 5.30. The summed E-state index contributed by atoms with van der Waals surface area (Å²) >= 11 is 0. The number of methoxy groups -OCH3 is 1. The van der Waals surface area contributed by atoms with Crippen molar-refractivity contribution in [1.29, 1.82) is 0 Å². The van der Waals surface area contributed by atoms with E-state index in [4.69, 9.17) is 18.9 Å². The van der Waals surface area contributed by atoms with Gasteiger partial charge in [0.15, 0.2) is 0 Å². The highest BCUT2D eigenvalue weighted by Crippen LogP contribution is 2.26. The van der Waals surface area contributed by atoms with Gasteiger partial charge in [0.05, 0.1) is 31.0 Å². The molecule has 6 nitrogen and oxygen atoms in total. The number of fused-ring (bicyclic) bond motifs is 2. The topological polar surface area (TPSA) is 74.2 Å². The SMILES string of the molecule is C=C1CC(O)C=CCC(C(C=CC2CC(C)=CCO2)OC)OC(=O)CCCC2C=CCC(CC(C)C1)O2. The molecule has 3 heterocycles. The highest BCUT2D eigenvalue weighted by Gasteiger charge is 2.25. The van der Waals surface area contributed by atoms with E-state index in [1.165, 1.54) is 5.57 Å². The molecule has 7 atom stereocenters. The van der Waals surface area contributed by atoms with Crippen molar-refractivity contribution < 1.29 is 28.8 Å². The van der Waals surface area contributed by atoms with Crippen molar-refractivity contribution in [2.45, 2.75) is 108 Å². The minimum Gasteiger partial charge on any atom is -0.459 e. The summed E-state index contributed by atoms with van der Waals surface area (Å²) in [5, 5.41) is 10.6. The van der Waals surface area contributed by atoms with Crippen LogP contribution in [0.3, 0.4) is 0 Å². The zero-order valence-electron chi connectivity index (χ0n) is 22.8. The lowest BCUT2D eigenvalue weighted by Gasteiger charge is -2.28. The van der Waals surface area contributed by atoms with E-state index in [1.54, 1.807) is 13.2 Å². The predicted molar refractivity (Wildman–Crippen MR) is 146 cm³/mol. The van der Waals surface area contributed by atoms with Crippen LogP contribution in [0, 0.1) is 5.92 Å². The number of hydrogen-bond donors (Lipinski definition) is 1. The average Bonchev–Trinajstić information content (AvgIpc) is 2.83. The monoisotopic (exact) mass is 514 g/mol. The second kappa shape index (κ2) is 15.4. The third-order valence-electron chi connectivity index (χ3n) is 7.22. The second-order valence-electron chi connectivity index (χ2n) is 10.8. The van der Waals surface area contributed by atoms with Crippen molar-refractivity contribution in [3.8, 4) is 0 Å². The lowest BCUT2D eigenvalue weighted by Crippen LogP contribution is -2.32. The summed E-state index contributed by atoms with van der Waals surface area (Å²) in [7, 11) is 1.62. The molecule has 0 aromatic rings. The van der Waals surface area contributed by atoms with E-state index >= 15 is 0 Å². The normalized spacial score (nSPS) is 33.9. The summed E-state index contributed by atoms with van der Waals surface area (Å²) in [5.74, 6) is 0.183. The number of carbonyl (C=O) groups is 1. The lowest BCUT2D eigenvalue weighted by atomic mass is 9.91. The summed E-state index contributed by atoms with van der Waals surface area (Å²) in [5.41, 5.74) is 2.33. The standard InChI is InChI=1S/C31H46O6/c1-22-16-17-35-27(20-22)14-15-29(34-4)30-12-5-8-25(32)19-23(2)18-24(3)21-28-11-6-9-26(36-28)10-7-13-31(33)37-30/h5-6,8-9,14-16,24-30,32H,2,7,10-13,17-21H2,1,3-4H3. The quantitative estimate of drug-likeness (QED) is 0.379. The van der Waals surface area contributed by atoms with Gasteiger partial charge < -0.3 is 24.1 Å². The first-order chi connectivity index (χ1) is 17.8. The molecule has 206 valence electrons. The summed E-state index contributed by atoms with van der Waals surface area (Å²) < 4.78 is 23.7. The number of esters is 1. The van der Waals surface area contributed by atoms with Crippen LogP contribution < -0.4 is 0 Å². The highest BCUT2D eigenvalue weighted by atomic mass is 16.6. The predicted octanol–water partition coefficient (Wildman–Crippen LogP) is 5.77. The van der Waals surface area contributed by atoms with E-state index in [0.29, 0.717) is 38.2 Å². The fourth-order valence-corrected chi connectivity index (χ4v) is 5.30. The lowest BCUT2D eigenvalue weighted by molar-refractivity contribution is -0.154. The van der Waals surface area contributed by atoms with Gasteiger partial charge in [-0.1, -0.05) is 67.2 Å². The van der Waals surface area contributed by atoms with E-state index in [1.807, 2.05) is 18.2 Å². The Labute approximate surface area is 223 Å². The van der Waals surface area contributed by atoms with Crippen LogP contribution >= 0.6 is 0 Å². The zero-order valence-corrected chi connectivity index (χ0v) is 22.8. The van der Waals surface area contributed by atoms with Crippen LogP contribution in [0.25, 0.3) is 0 Å². The molecule has 0 radical (unpaired) electrons. The van der Waals surface area contributed by atoms with Gasteiger partial charge in [-0.15, -0.1) is 0 Å². The number of hydrogen-bond acceptors (Lipinski definition) is 6. The highest BCUT2D eigenvalue weighted by molar-refractivity contribution is 5.69. The van der Waals surface area contributed by atoms with Crippen molar-refractivity contribution in [2.75, 3.05) is 13.7 Å². The molecule has 3 rings (SSSR count). The van der Waals surface area contributed by atoms with Gasteiger partial charge in [-0.3, -0.25) is 4.79 Å². The summed E-state index contributed by atoms with van der Waals surface area (Å²) in [6.07, 6.45) is 19.0. The minimum absolute atomic E-state index is 0.0179. The first-order valence-corrected chi connectivity index (χ1v) is 13.8. The van der Waals surface area contributed by atoms with Gasteiger partial charge >= 0.3 is 5.97 Å². The van der Waals surface area contributed by atoms with E-state index in [0.717, 1.165) is 37.7 Å². The molecule has 37 heavy (non-hydrogen) atoms. The van der Waals surface area contributed by atoms with Crippen LogP contribution in [0.1, 0.15) is 71.6 Å². The van der Waals surface area contributed by atoms with Gasteiger partial charge in [-0.2, -0.15) is 0 Å². The molecule has 1 N–H and O–H groups in total. The number of carbonyl (C=O) groups excluding carboxylic acids is 1. The second-order valence-corrected chi connectivity index (χ2v) is 10.8. The number of cyclic esters (lactones) is 1. The summed E-state index contributed by atoms with van der Waals surface area (Å²) in [6, 6.07) is 0. The van der Waals surface area contributed by atoms with Crippen LogP contribution in [0.15, 0.2) is 60.3 Å². The van der Waals surface area contributed by atoms with Crippen LogP contribution in [-0.2, 0) is 23.7 Å². The number of aliphatic hydroxyl groups excluding tert-OH is 1. The van der Waals surface area contributed by atoms with Gasteiger partial charge in [-0.05, 0) is 57.8 Å². The molecule has 0 amide bonds. The molecule has 2 bridgehead atoms. The Morgan fingerprint density at radius 2 is 2.00 bits per heavy atom. The summed E-state index contributed by atoms with van der Waals surface area (Å²) in [4.78, 5) is 12.8. The maximum absolute atomic E-state index is 12.8. The van der Waals surface area contributed by atoms with Gasteiger partial charge in [0, 0.05) is 20.0 Å². The Balaban J connectivity index is 1.70. The first kappa shape index (κ1) is 29.6. The van der Waals surface area contributed by atoms with Crippen molar-refractivity contribution in [3.05, 3.63) is 60.3 Å².